The Morgan fingerprint density at radius 1 is 1.39 bits per heavy atom. The normalized spacial score (nSPS) is 22.7. The maximum atomic E-state index is 12.1. The molecule has 0 heterocycles. The fourth-order valence-corrected chi connectivity index (χ4v) is 2.90. The van der Waals surface area contributed by atoms with E-state index in [0.29, 0.717) is 0 Å². The number of rotatable bonds is 7. The molecule has 4 N–H and O–H groups in total. The zero-order chi connectivity index (χ0) is 17.6. The summed E-state index contributed by atoms with van der Waals surface area (Å²) >= 11 is 0. The van der Waals surface area contributed by atoms with Crippen molar-refractivity contribution in [1.82, 2.24) is 5.32 Å². The number of aliphatic carboxylic acids is 1. The largest absolute Gasteiger partial charge is 0.481 e. The number of amides is 1. The zero-order valence-electron chi connectivity index (χ0n) is 14.1. The molecule has 0 aromatic rings. The maximum Gasteiger partial charge on any atom is 0.309 e. The van der Waals surface area contributed by atoms with Gasteiger partial charge >= 0.3 is 11.9 Å². The summed E-state index contributed by atoms with van der Waals surface area (Å²) in [6.45, 7) is 6.04. The number of ether oxygens (including phenoxy) is 1. The average molecular weight is 328 g/mol. The Morgan fingerprint density at radius 3 is 2.61 bits per heavy atom. The Hall–Kier alpha value is -1.63. The van der Waals surface area contributed by atoms with Gasteiger partial charge in [0.15, 0.2) is 0 Å². The Kier molecular flexibility index (Phi) is 7.00. The third kappa shape index (κ3) is 6.99. The van der Waals surface area contributed by atoms with Crippen LogP contribution in [0.2, 0.25) is 0 Å². The minimum atomic E-state index is -1.13. The van der Waals surface area contributed by atoms with Gasteiger partial charge in [0.25, 0.3) is 0 Å². The minimum absolute atomic E-state index is 0.0568. The van der Waals surface area contributed by atoms with E-state index in [2.05, 4.69) is 19.2 Å². The third-order valence-corrected chi connectivity index (χ3v) is 4.13. The summed E-state index contributed by atoms with van der Waals surface area (Å²) in [6, 6.07) is -1.52. The zero-order valence-corrected chi connectivity index (χ0v) is 14.1. The van der Waals surface area contributed by atoms with Crippen LogP contribution in [0.3, 0.4) is 0 Å². The number of hydrogen-bond donors (Lipinski definition) is 3. The van der Waals surface area contributed by atoms with Crippen molar-refractivity contribution in [2.45, 2.75) is 65.0 Å². The first kappa shape index (κ1) is 19.4. The van der Waals surface area contributed by atoms with Crippen molar-refractivity contribution in [2.24, 2.45) is 17.1 Å². The van der Waals surface area contributed by atoms with Gasteiger partial charge in [-0.3, -0.25) is 14.4 Å². The molecule has 1 fully saturated rings. The summed E-state index contributed by atoms with van der Waals surface area (Å²) in [7, 11) is 0. The Balaban J connectivity index is 2.35. The number of hydrogen-bond acceptors (Lipinski definition) is 5. The second kappa shape index (κ2) is 8.29. The van der Waals surface area contributed by atoms with Crippen LogP contribution >= 0.6 is 0 Å². The smallest absolute Gasteiger partial charge is 0.309 e. The lowest BCUT2D eigenvalue weighted by Gasteiger charge is -2.34. The molecule has 0 aromatic heterocycles. The van der Waals surface area contributed by atoms with Crippen molar-refractivity contribution in [1.29, 1.82) is 0 Å². The molecule has 1 aliphatic carbocycles. The van der Waals surface area contributed by atoms with E-state index < -0.39 is 30.4 Å². The highest BCUT2D eigenvalue weighted by molar-refractivity contribution is 5.86. The monoisotopic (exact) mass is 328 g/mol. The molecule has 1 rings (SSSR count). The summed E-state index contributed by atoms with van der Waals surface area (Å²) in [5, 5.41) is 11.2. The van der Waals surface area contributed by atoms with E-state index in [4.69, 9.17) is 15.6 Å². The van der Waals surface area contributed by atoms with Crippen molar-refractivity contribution in [3.8, 4) is 0 Å². The molecule has 3 atom stereocenters. The molecule has 0 aliphatic heterocycles. The molecule has 7 heteroatoms. The third-order valence-electron chi connectivity index (χ3n) is 4.13. The van der Waals surface area contributed by atoms with Crippen molar-refractivity contribution in [3.05, 3.63) is 0 Å². The Labute approximate surface area is 136 Å². The quantitative estimate of drug-likeness (QED) is 0.601. The summed E-state index contributed by atoms with van der Waals surface area (Å²) < 4.78 is 5.29. The van der Waals surface area contributed by atoms with Crippen LogP contribution in [0.25, 0.3) is 0 Å². The van der Waals surface area contributed by atoms with E-state index in [1.807, 2.05) is 0 Å². The molecule has 3 unspecified atom stereocenters. The lowest BCUT2D eigenvalue weighted by atomic mass is 9.72. The molecule has 1 saturated carbocycles. The van der Waals surface area contributed by atoms with Crippen molar-refractivity contribution >= 4 is 17.8 Å². The summed E-state index contributed by atoms with van der Waals surface area (Å²) in [5.74, 6) is -2.01. The lowest BCUT2D eigenvalue weighted by Crippen LogP contribution is -2.47. The van der Waals surface area contributed by atoms with Gasteiger partial charge in [0, 0.05) is 0 Å². The second-order valence-electron chi connectivity index (χ2n) is 7.20. The molecule has 1 amide bonds. The molecule has 23 heavy (non-hydrogen) atoms. The fourth-order valence-electron chi connectivity index (χ4n) is 2.90. The molecular formula is C16H28N2O5. The first-order valence-corrected chi connectivity index (χ1v) is 8.05. The molecule has 0 bridgehead atoms. The van der Waals surface area contributed by atoms with Crippen LogP contribution in [0.4, 0.5) is 0 Å². The molecular weight excluding hydrogens is 300 g/mol. The second-order valence-corrected chi connectivity index (χ2v) is 7.20. The van der Waals surface area contributed by atoms with Crippen molar-refractivity contribution < 1.29 is 24.2 Å². The maximum absolute atomic E-state index is 12.1. The molecule has 0 radical (unpaired) electrons. The van der Waals surface area contributed by atoms with Crippen LogP contribution in [-0.2, 0) is 19.1 Å². The number of carbonyl (C=O) groups excluding carboxylic acids is 2. The SMILES string of the molecule is CC(COC(=O)C1CCCC(C)(C)C1)NC(=O)C(N)CC(=O)O. The van der Waals surface area contributed by atoms with Crippen molar-refractivity contribution in [2.75, 3.05) is 6.61 Å². The highest BCUT2D eigenvalue weighted by Crippen LogP contribution is 2.38. The number of carbonyl (C=O) groups is 3. The molecule has 1 aliphatic rings. The van der Waals surface area contributed by atoms with Crippen LogP contribution in [0.1, 0.15) is 52.9 Å². The van der Waals surface area contributed by atoms with E-state index in [1.165, 1.54) is 0 Å². The van der Waals surface area contributed by atoms with Crippen molar-refractivity contribution in [3.63, 3.8) is 0 Å². The number of nitrogens with one attached hydrogen (secondary N) is 1. The standard InChI is InChI=1S/C16H28N2O5/c1-10(18-14(21)12(17)7-13(19)20)9-23-15(22)11-5-4-6-16(2,3)8-11/h10-12H,4-9,17H2,1-3H3,(H,18,21)(H,19,20). The van der Waals surface area contributed by atoms with Crippen LogP contribution in [-0.4, -0.2) is 41.6 Å². The predicted octanol–water partition coefficient (Wildman–Crippen LogP) is 1.05. The average Bonchev–Trinajstić information content (AvgIpc) is 2.42. The molecule has 0 saturated heterocycles. The summed E-state index contributed by atoms with van der Waals surface area (Å²) in [5.41, 5.74) is 5.63. The highest BCUT2D eigenvalue weighted by Gasteiger charge is 2.33. The number of esters is 1. The molecule has 7 nitrogen and oxygen atoms in total. The van der Waals surface area contributed by atoms with Crippen LogP contribution in [0.15, 0.2) is 0 Å². The predicted molar refractivity (Wildman–Crippen MR) is 84.5 cm³/mol. The van der Waals surface area contributed by atoms with Gasteiger partial charge in [0.1, 0.15) is 6.61 Å². The fraction of sp³-hybridized carbons (Fsp3) is 0.812. The van der Waals surface area contributed by atoms with Crippen LogP contribution in [0.5, 0.6) is 0 Å². The lowest BCUT2D eigenvalue weighted by molar-refractivity contribution is -0.152. The van der Waals surface area contributed by atoms with Crippen LogP contribution < -0.4 is 11.1 Å². The summed E-state index contributed by atoms with van der Waals surface area (Å²) in [6.07, 6.45) is 3.35. The first-order valence-electron chi connectivity index (χ1n) is 8.05. The molecule has 132 valence electrons. The van der Waals surface area contributed by atoms with E-state index in [-0.39, 0.29) is 23.9 Å². The van der Waals surface area contributed by atoms with Gasteiger partial charge in [-0.2, -0.15) is 0 Å². The highest BCUT2D eigenvalue weighted by atomic mass is 16.5. The van der Waals surface area contributed by atoms with Gasteiger partial charge in [0.2, 0.25) is 5.91 Å². The topological polar surface area (TPSA) is 119 Å². The van der Waals surface area contributed by atoms with Gasteiger partial charge in [-0.15, -0.1) is 0 Å². The Morgan fingerprint density at radius 2 is 2.04 bits per heavy atom. The van der Waals surface area contributed by atoms with E-state index in [0.717, 1.165) is 25.7 Å². The number of carboxylic acids is 1. The Bertz CT molecular complexity index is 450. The summed E-state index contributed by atoms with van der Waals surface area (Å²) in [4.78, 5) is 34.3. The van der Waals surface area contributed by atoms with E-state index >= 15 is 0 Å². The van der Waals surface area contributed by atoms with E-state index in [1.54, 1.807) is 6.92 Å². The van der Waals surface area contributed by atoms with Gasteiger partial charge < -0.3 is 20.9 Å². The van der Waals surface area contributed by atoms with E-state index in [9.17, 15) is 14.4 Å². The van der Waals surface area contributed by atoms with Gasteiger partial charge in [-0.05, 0) is 31.6 Å². The molecule has 0 spiro atoms. The van der Waals surface area contributed by atoms with Gasteiger partial charge in [0.05, 0.1) is 24.4 Å². The number of carboxylic acid groups (broad SMARTS) is 1. The molecule has 0 aromatic carbocycles. The van der Waals surface area contributed by atoms with Gasteiger partial charge in [-0.1, -0.05) is 20.3 Å². The van der Waals surface area contributed by atoms with Gasteiger partial charge in [-0.25, -0.2) is 0 Å². The van der Waals surface area contributed by atoms with Crippen LogP contribution in [0, 0.1) is 11.3 Å². The number of nitrogens with two attached hydrogens (primary N) is 1. The minimum Gasteiger partial charge on any atom is -0.481 e. The first-order chi connectivity index (χ1) is 10.6.